The second kappa shape index (κ2) is 4.90. The van der Waals surface area contributed by atoms with Crippen LogP contribution in [0.4, 0.5) is 0 Å². The molecule has 1 atom stereocenters. The molecule has 1 aromatic heterocycles. The fraction of sp³-hybridized carbons (Fsp3) is 0.455. The summed E-state index contributed by atoms with van der Waals surface area (Å²) in [5.41, 5.74) is -0.280. The van der Waals surface area contributed by atoms with Crippen molar-refractivity contribution in [2.45, 2.75) is 26.8 Å². The third-order valence-corrected chi connectivity index (χ3v) is 2.23. The van der Waals surface area contributed by atoms with Crippen LogP contribution in [0.5, 0.6) is 0 Å². The SMILES string of the molecule is CC(C)(C)[C@H](NC(=O)c1ccnnc1)C(=O)O. The van der Waals surface area contributed by atoms with Gasteiger partial charge in [-0.25, -0.2) is 4.79 Å². The quantitative estimate of drug-likeness (QED) is 0.807. The van der Waals surface area contributed by atoms with Gasteiger partial charge >= 0.3 is 5.97 Å². The van der Waals surface area contributed by atoms with Gasteiger partial charge < -0.3 is 10.4 Å². The molecule has 0 aliphatic heterocycles. The first-order chi connectivity index (χ1) is 7.82. The minimum atomic E-state index is -1.06. The Kier molecular flexibility index (Phi) is 3.77. The lowest BCUT2D eigenvalue weighted by atomic mass is 9.86. The van der Waals surface area contributed by atoms with E-state index in [0.29, 0.717) is 0 Å². The number of nitrogens with zero attached hydrogens (tertiary/aromatic N) is 2. The van der Waals surface area contributed by atoms with Gasteiger partial charge in [0, 0.05) is 0 Å². The third-order valence-electron chi connectivity index (χ3n) is 2.23. The molecular formula is C11H15N3O3. The van der Waals surface area contributed by atoms with Gasteiger partial charge in [0.2, 0.25) is 0 Å². The van der Waals surface area contributed by atoms with E-state index >= 15 is 0 Å². The largest absolute Gasteiger partial charge is 0.480 e. The molecule has 1 rings (SSSR count). The van der Waals surface area contributed by atoms with E-state index in [4.69, 9.17) is 5.11 Å². The van der Waals surface area contributed by atoms with Crippen molar-refractivity contribution in [2.75, 3.05) is 0 Å². The first-order valence-corrected chi connectivity index (χ1v) is 5.12. The highest BCUT2D eigenvalue weighted by Gasteiger charge is 2.32. The van der Waals surface area contributed by atoms with Crippen molar-refractivity contribution in [2.24, 2.45) is 5.41 Å². The Morgan fingerprint density at radius 3 is 2.41 bits per heavy atom. The average Bonchev–Trinajstić information content (AvgIpc) is 2.24. The molecule has 0 bridgehead atoms. The molecule has 0 radical (unpaired) electrons. The number of carbonyl (C=O) groups excluding carboxylic acids is 1. The van der Waals surface area contributed by atoms with E-state index in [1.807, 2.05) is 0 Å². The molecule has 6 heteroatoms. The Balaban J connectivity index is 2.83. The zero-order valence-electron chi connectivity index (χ0n) is 9.97. The van der Waals surface area contributed by atoms with Gasteiger partial charge in [0.05, 0.1) is 18.0 Å². The monoisotopic (exact) mass is 237 g/mol. The molecule has 0 unspecified atom stereocenters. The maximum absolute atomic E-state index is 11.8. The molecule has 0 spiro atoms. The van der Waals surface area contributed by atoms with Gasteiger partial charge in [0.1, 0.15) is 6.04 Å². The summed E-state index contributed by atoms with van der Waals surface area (Å²) in [6.07, 6.45) is 2.67. The van der Waals surface area contributed by atoms with E-state index in [9.17, 15) is 9.59 Å². The number of carboxylic acids is 1. The van der Waals surface area contributed by atoms with Crippen LogP contribution in [0.1, 0.15) is 31.1 Å². The topological polar surface area (TPSA) is 92.2 Å². The second-order valence-corrected chi connectivity index (χ2v) is 4.74. The predicted molar refractivity (Wildman–Crippen MR) is 60.4 cm³/mol. The van der Waals surface area contributed by atoms with Crippen molar-refractivity contribution in [3.63, 3.8) is 0 Å². The normalized spacial score (nSPS) is 12.9. The first-order valence-electron chi connectivity index (χ1n) is 5.12. The molecule has 17 heavy (non-hydrogen) atoms. The number of carboxylic acid groups (broad SMARTS) is 1. The highest BCUT2D eigenvalue weighted by molar-refractivity contribution is 5.96. The van der Waals surface area contributed by atoms with Crippen molar-refractivity contribution in [3.8, 4) is 0 Å². The number of aromatic nitrogens is 2. The van der Waals surface area contributed by atoms with E-state index in [1.165, 1.54) is 18.5 Å². The van der Waals surface area contributed by atoms with E-state index in [0.717, 1.165) is 0 Å². The van der Waals surface area contributed by atoms with E-state index in [-0.39, 0.29) is 5.56 Å². The predicted octanol–water partition coefficient (Wildman–Crippen LogP) is 0.706. The van der Waals surface area contributed by atoms with Gasteiger partial charge in [0.25, 0.3) is 5.91 Å². The highest BCUT2D eigenvalue weighted by Crippen LogP contribution is 2.19. The van der Waals surface area contributed by atoms with Crippen LogP contribution in [-0.4, -0.2) is 33.2 Å². The zero-order valence-corrected chi connectivity index (χ0v) is 9.97. The van der Waals surface area contributed by atoms with Crippen LogP contribution < -0.4 is 5.32 Å². The lowest BCUT2D eigenvalue weighted by molar-refractivity contribution is -0.142. The van der Waals surface area contributed by atoms with Gasteiger partial charge in [-0.15, -0.1) is 0 Å². The second-order valence-electron chi connectivity index (χ2n) is 4.74. The summed E-state index contributed by atoms with van der Waals surface area (Å²) in [6, 6.07) is 0.521. The number of carbonyl (C=O) groups is 2. The fourth-order valence-corrected chi connectivity index (χ4v) is 1.29. The molecule has 0 aliphatic carbocycles. The van der Waals surface area contributed by atoms with Crippen molar-refractivity contribution in [1.82, 2.24) is 15.5 Å². The molecule has 1 aromatic rings. The third kappa shape index (κ3) is 3.51. The molecule has 1 heterocycles. The minimum Gasteiger partial charge on any atom is -0.480 e. The zero-order chi connectivity index (χ0) is 13.1. The van der Waals surface area contributed by atoms with Crippen molar-refractivity contribution >= 4 is 11.9 Å². The number of nitrogens with one attached hydrogen (secondary N) is 1. The molecular weight excluding hydrogens is 222 g/mol. The Morgan fingerprint density at radius 1 is 1.35 bits per heavy atom. The van der Waals surface area contributed by atoms with Crippen LogP contribution >= 0.6 is 0 Å². The van der Waals surface area contributed by atoms with Crippen LogP contribution in [0, 0.1) is 5.41 Å². The first kappa shape index (κ1) is 13.1. The summed E-state index contributed by atoms with van der Waals surface area (Å²) in [5.74, 6) is -1.53. The van der Waals surface area contributed by atoms with E-state index < -0.39 is 23.3 Å². The number of rotatable bonds is 3. The molecule has 2 N–H and O–H groups in total. The molecule has 1 amide bonds. The number of hydrogen-bond donors (Lipinski definition) is 2. The fourth-order valence-electron chi connectivity index (χ4n) is 1.29. The van der Waals surface area contributed by atoms with Crippen LogP contribution in [0.2, 0.25) is 0 Å². The molecule has 0 saturated carbocycles. The van der Waals surface area contributed by atoms with Gasteiger partial charge in [-0.1, -0.05) is 20.8 Å². The molecule has 0 saturated heterocycles. The van der Waals surface area contributed by atoms with Gasteiger partial charge in [-0.2, -0.15) is 10.2 Å². The molecule has 0 aromatic carbocycles. The summed E-state index contributed by atoms with van der Waals surface area (Å²) < 4.78 is 0. The molecule has 0 aliphatic rings. The van der Waals surface area contributed by atoms with E-state index in [2.05, 4.69) is 15.5 Å². The molecule has 0 fully saturated rings. The Hall–Kier alpha value is -1.98. The van der Waals surface area contributed by atoms with Gasteiger partial charge in [-0.3, -0.25) is 4.79 Å². The minimum absolute atomic E-state index is 0.288. The van der Waals surface area contributed by atoms with Crippen molar-refractivity contribution in [1.29, 1.82) is 0 Å². The lowest BCUT2D eigenvalue weighted by Gasteiger charge is -2.27. The van der Waals surface area contributed by atoms with Crippen LogP contribution in [-0.2, 0) is 4.79 Å². The van der Waals surface area contributed by atoms with Gasteiger partial charge in [-0.05, 0) is 11.5 Å². The summed E-state index contributed by atoms with van der Waals surface area (Å²) in [7, 11) is 0. The highest BCUT2D eigenvalue weighted by atomic mass is 16.4. The maximum atomic E-state index is 11.8. The van der Waals surface area contributed by atoms with Crippen LogP contribution in [0.15, 0.2) is 18.5 Å². The van der Waals surface area contributed by atoms with Crippen molar-refractivity contribution < 1.29 is 14.7 Å². The van der Waals surface area contributed by atoms with E-state index in [1.54, 1.807) is 20.8 Å². The Labute approximate surface area is 99.1 Å². The number of amides is 1. The number of hydrogen-bond acceptors (Lipinski definition) is 4. The van der Waals surface area contributed by atoms with Crippen molar-refractivity contribution in [3.05, 3.63) is 24.0 Å². The average molecular weight is 237 g/mol. The van der Waals surface area contributed by atoms with Crippen LogP contribution in [0.25, 0.3) is 0 Å². The van der Waals surface area contributed by atoms with Gasteiger partial charge in [0.15, 0.2) is 0 Å². The molecule has 6 nitrogen and oxygen atoms in total. The molecule has 92 valence electrons. The van der Waals surface area contributed by atoms with Crippen LogP contribution in [0.3, 0.4) is 0 Å². The summed E-state index contributed by atoms with van der Waals surface area (Å²) in [5, 5.41) is 18.6. The Bertz CT molecular complexity index is 412. The summed E-state index contributed by atoms with van der Waals surface area (Å²) in [4.78, 5) is 22.8. The number of aliphatic carboxylic acids is 1. The summed E-state index contributed by atoms with van der Waals surface area (Å²) >= 11 is 0. The summed E-state index contributed by atoms with van der Waals surface area (Å²) in [6.45, 7) is 5.24. The standard InChI is InChI=1S/C11H15N3O3/c1-11(2,3)8(10(16)17)14-9(15)7-4-5-12-13-6-7/h4-6,8H,1-3H3,(H,14,15)(H,16,17)/t8-/m1/s1. The maximum Gasteiger partial charge on any atom is 0.326 e. The lowest BCUT2D eigenvalue weighted by Crippen LogP contribution is -2.49. The Morgan fingerprint density at radius 2 is 2.00 bits per heavy atom. The smallest absolute Gasteiger partial charge is 0.326 e.